The van der Waals surface area contributed by atoms with Gasteiger partial charge in [-0.2, -0.15) is 5.26 Å². The molecule has 2 aromatic rings. The number of carbonyl (C=O) groups is 3. The highest BCUT2D eigenvalue weighted by Crippen LogP contribution is 2.45. The second-order valence-corrected chi connectivity index (χ2v) is 7.71. The summed E-state index contributed by atoms with van der Waals surface area (Å²) in [5.74, 6) is -4.79. The van der Waals surface area contributed by atoms with Gasteiger partial charge < -0.3 is 20.5 Å². The number of methoxy groups -OCH3 is 2. The van der Waals surface area contributed by atoms with Crippen LogP contribution in [0.5, 0.6) is 0 Å². The number of amides is 1. The van der Waals surface area contributed by atoms with Crippen molar-refractivity contribution < 1.29 is 28.2 Å². The van der Waals surface area contributed by atoms with E-state index in [4.69, 9.17) is 26.8 Å². The van der Waals surface area contributed by atoms with Crippen LogP contribution >= 0.6 is 11.6 Å². The third-order valence-electron chi connectivity index (χ3n) is 5.20. The third-order valence-corrected chi connectivity index (χ3v) is 5.49. The lowest BCUT2D eigenvalue weighted by Gasteiger charge is -2.36. The topological polar surface area (TPSA) is 135 Å². The van der Waals surface area contributed by atoms with E-state index in [9.17, 15) is 24.0 Å². The monoisotopic (exact) mass is 498 g/mol. The minimum Gasteiger partial charge on any atom is -0.466 e. The van der Waals surface area contributed by atoms with Crippen LogP contribution < -0.4 is 16.0 Å². The summed E-state index contributed by atoms with van der Waals surface area (Å²) in [6, 6.07) is 12.4. The zero-order valence-electron chi connectivity index (χ0n) is 18.9. The smallest absolute Gasteiger partial charge is 0.355 e. The Labute approximate surface area is 205 Å². The number of rotatable bonds is 5. The molecule has 1 amide bonds. The first-order chi connectivity index (χ1) is 16.7. The normalized spacial score (nSPS) is 15.4. The molecule has 1 aliphatic heterocycles. The lowest BCUT2D eigenvalue weighted by Crippen LogP contribution is -2.41. The number of hydrogen-bond acceptors (Lipinski definition) is 8. The maximum absolute atomic E-state index is 14.6. The summed E-state index contributed by atoms with van der Waals surface area (Å²) in [7, 11) is 2.19. The minimum atomic E-state index is -1.10. The van der Waals surface area contributed by atoms with Gasteiger partial charge in [0.1, 0.15) is 17.3 Å². The summed E-state index contributed by atoms with van der Waals surface area (Å²) >= 11 is 5.91. The number of nitrogens with zero attached hydrogens (tertiary/aromatic N) is 2. The van der Waals surface area contributed by atoms with Gasteiger partial charge in [-0.1, -0.05) is 41.9 Å². The van der Waals surface area contributed by atoms with Crippen molar-refractivity contribution in [2.24, 2.45) is 5.73 Å². The van der Waals surface area contributed by atoms with Crippen LogP contribution in [0.3, 0.4) is 0 Å². The zero-order valence-corrected chi connectivity index (χ0v) is 19.6. The highest BCUT2D eigenvalue weighted by atomic mass is 35.5. The van der Waals surface area contributed by atoms with Gasteiger partial charge in [0.25, 0.3) is 0 Å². The van der Waals surface area contributed by atoms with Gasteiger partial charge in [0.15, 0.2) is 0 Å². The molecular weight excluding hydrogens is 479 g/mol. The molecule has 180 valence electrons. The summed E-state index contributed by atoms with van der Waals surface area (Å²) < 4.78 is 24.5. The summed E-state index contributed by atoms with van der Waals surface area (Å²) in [5, 5.41) is 12.2. The van der Waals surface area contributed by atoms with Crippen molar-refractivity contribution >= 4 is 40.8 Å². The largest absolute Gasteiger partial charge is 0.466 e. The number of esters is 2. The van der Waals surface area contributed by atoms with E-state index < -0.39 is 35.3 Å². The number of nitrogens with two attached hydrogens (primary N) is 1. The molecular formula is C24H20ClFN4O5. The van der Waals surface area contributed by atoms with Gasteiger partial charge in [0, 0.05) is 13.0 Å². The molecule has 2 aromatic carbocycles. The Morgan fingerprint density at radius 3 is 2.31 bits per heavy atom. The highest BCUT2D eigenvalue weighted by Gasteiger charge is 2.43. The molecule has 1 atom stereocenters. The van der Waals surface area contributed by atoms with Crippen LogP contribution in [0.4, 0.5) is 15.8 Å². The first-order valence-corrected chi connectivity index (χ1v) is 10.5. The van der Waals surface area contributed by atoms with Crippen molar-refractivity contribution in [2.45, 2.75) is 12.8 Å². The maximum Gasteiger partial charge on any atom is 0.355 e. The van der Waals surface area contributed by atoms with Crippen molar-refractivity contribution in [3.63, 3.8) is 0 Å². The quantitative estimate of drug-likeness (QED) is 0.599. The molecule has 3 rings (SSSR count). The number of ether oxygens (including phenoxy) is 2. The standard InChI is InChI=1S/C24H20ClFN4O5/c1-12(31)29-17-9-15(25)16(26)10-18(17)30-21(24(33)35-3)20(23(32)34-2)19(14(11-27)22(30)28)13-7-5-4-6-8-13/h4-10,19H,28H2,1-3H3,(H,29,31). The Bertz CT molecular complexity index is 1320. The molecule has 35 heavy (non-hydrogen) atoms. The lowest BCUT2D eigenvalue weighted by atomic mass is 9.81. The van der Waals surface area contributed by atoms with Gasteiger partial charge >= 0.3 is 11.9 Å². The van der Waals surface area contributed by atoms with E-state index in [-0.39, 0.29) is 33.4 Å². The molecule has 11 heteroatoms. The first kappa shape index (κ1) is 25.3. The Hall–Kier alpha value is -4.36. The molecule has 1 aliphatic rings. The molecule has 0 radical (unpaired) electrons. The Morgan fingerprint density at radius 1 is 1.14 bits per heavy atom. The number of nitriles is 1. The van der Waals surface area contributed by atoms with Crippen LogP contribution in [0, 0.1) is 17.1 Å². The second-order valence-electron chi connectivity index (χ2n) is 7.30. The molecule has 9 nitrogen and oxygen atoms in total. The van der Waals surface area contributed by atoms with Crippen LogP contribution in [-0.2, 0) is 23.9 Å². The van der Waals surface area contributed by atoms with E-state index in [1.54, 1.807) is 30.3 Å². The predicted molar refractivity (Wildman–Crippen MR) is 125 cm³/mol. The number of allylic oxidation sites excluding steroid dienone is 1. The average Bonchev–Trinajstić information content (AvgIpc) is 2.84. The molecule has 0 spiro atoms. The summed E-state index contributed by atoms with van der Waals surface area (Å²) in [6.45, 7) is 1.21. The summed E-state index contributed by atoms with van der Waals surface area (Å²) in [5.41, 5.74) is 5.86. The fraction of sp³-hybridized carbons (Fsp3) is 0.167. The molecule has 0 fully saturated rings. The van der Waals surface area contributed by atoms with Crippen molar-refractivity contribution in [3.05, 3.63) is 81.5 Å². The van der Waals surface area contributed by atoms with E-state index in [0.29, 0.717) is 5.56 Å². The molecule has 3 N–H and O–H groups in total. The molecule has 0 saturated carbocycles. The predicted octanol–water partition coefficient (Wildman–Crippen LogP) is 3.34. The van der Waals surface area contributed by atoms with Crippen LogP contribution in [-0.4, -0.2) is 32.1 Å². The first-order valence-electron chi connectivity index (χ1n) is 10.1. The fourth-order valence-electron chi connectivity index (χ4n) is 3.77. The van der Waals surface area contributed by atoms with Crippen molar-refractivity contribution in [1.82, 2.24) is 0 Å². The van der Waals surface area contributed by atoms with E-state index in [1.165, 1.54) is 6.92 Å². The molecule has 1 heterocycles. The van der Waals surface area contributed by atoms with Gasteiger partial charge in [-0.3, -0.25) is 9.69 Å². The number of nitrogens with one attached hydrogen (secondary N) is 1. The van der Waals surface area contributed by atoms with Gasteiger partial charge in [-0.05, 0) is 11.6 Å². The van der Waals surface area contributed by atoms with Crippen molar-refractivity contribution in [3.8, 4) is 6.07 Å². The molecule has 0 aliphatic carbocycles. The van der Waals surface area contributed by atoms with Crippen LogP contribution in [0.2, 0.25) is 5.02 Å². The minimum absolute atomic E-state index is 0.0343. The van der Waals surface area contributed by atoms with E-state index in [0.717, 1.165) is 31.3 Å². The van der Waals surface area contributed by atoms with Gasteiger partial charge in [0.2, 0.25) is 5.91 Å². The van der Waals surface area contributed by atoms with Crippen LogP contribution in [0.1, 0.15) is 18.4 Å². The van der Waals surface area contributed by atoms with Crippen molar-refractivity contribution in [2.75, 3.05) is 24.4 Å². The third kappa shape index (κ3) is 4.67. The number of halogens is 2. The van der Waals surface area contributed by atoms with Gasteiger partial charge in [-0.15, -0.1) is 0 Å². The number of benzene rings is 2. The Morgan fingerprint density at radius 2 is 1.77 bits per heavy atom. The summed E-state index contributed by atoms with van der Waals surface area (Å²) in [6.07, 6.45) is 0. The highest BCUT2D eigenvalue weighted by molar-refractivity contribution is 6.31. The second kappa shape index (κ2) is 10.3. The molecule has 0 aromatic heterocycles. The summed E-state index contributed by atoms with van der Waals surface area (Å²) in [4.78, 5) is 39.0. The zero-order chi connectivity index (χ0) is 25.9. The average molecular weight is 499 g/mol. The van der Waals surface area contributed by atoms with E-state index in [1.807, 2.05) is 6.07 Å². The Balaban J connectivity index is 2.48. The maximum atomic E-state index is 14.6. The van der Waals surface area contributed by atoms with Crippen molar-refractivity contribution in [1.29, 1.82) is 5.26 Å². The van der Waals surface area contributed by atoms with E-state index in [2.05, 4.69) is 5.32 Å². The van der Waals surface area contributed by atoms with Crippen LogP contribution in [0.25, 0.3) is 0 Å². The molecule has 0 bridgehead atoms. The molecule has 0 saturated heterocycles. The van der Waals surface area contributed by atoms with Gasteiger partial charge in [-0.25, -0.2) is 14.0 Å². The number of hydrogen-bond donors (Lipinski definition) is 2. The SMILES string of the molecule is COC(=O)C1=C(C(=O)OC)N(c2cc(F)c(Cl)cc2NC(C)=O)C(N)=C(C#N)C1c1ccccc1. The lowest BCUT2D eigenvalue weighted by molar-refractivity contribution is -0.139. The number of anilines is 2. The Kier molecular flexibility index (Phi) is 7.42. The van der Waals surface area contributed by atoms with Gasteiger partial charge in [0.05, 0.1) is 53.8 Å². The van der Waals surface area contributed by atoms with E-state index >= 15 is 0 Å². The van der Waals surface area contributed by atoms with Crippen LogP contribution in [0.15, 0.2) is 65.1 Å². The molecule has 1 unspecified atom stereocenters. The fourth-order valence-corrected chi connectivity index (χ4v) is 3.94. The number of carbonyl (C=O) groups excluding carboxylic acids is 3.